The van der Waals surface area contributed by atoms with Gasteiger partial charge in [0.15, 0.2) is 0 Å². The van der Waals surface area contributed by atoms with Crippen molar-refractivity contribution in [3.8, 4) is 5.69 Å². The first kappa shape index (κ1) is 8.97. The minimum absolute atomic E-state index is 0.996. The number of hydrogen-bond acceptors (Lipinski definition) is 1. The van der Waals surface area contributed by atoms with Crippen LogP contribution in [-0.2, 0) is 0 Å². The van der Waals surface area contributed by atoms with Crippen LogP contribution in [0.15, 0.2) is 39.4 Å². The molecule has 0 atom stereocenters. The molecule has 65 valence electrons. The molecule has 0 aliphatic heterocycles. The molecule has 0 bridgehead atoms. The quantitative estimate of drug-likeness (QED) is 0.791. The molecule has 2 aromatic rings. The molecule has 1 radical (unpaired) electrons. The smallest absolute Gasteiger partial charge is 0.113 e. The molecule has 0 amide bonds. The van der Waals surface area contributed by atoms with Crippen molar-refractivity contribution < 1.29 is 0 Å². The van der Waals surface area contributed by atoms with Gasteiger partial charge in [-0.25, -0.2) is 4.68 Å². The van der Waals surface area contributed by atoms with E-state index in [0.717, 1.165) is 14.6 Å². The second-order valence-corrected chi connectivity index (χ2v) is 4.26. The third kappa shape index (κ3) is 1.84. The third-order valence-electron chi connectivity index (χ3n) is 1.61. The number of benzene rings is 1. The average Bonchev–Trinajstić information content (AvgIpc) is 2.61. The molecule has 0 N–H and O–H groups in total. The van der Waals surface area contributed by atoms with E-state index in [4.69, 9.17) is 0 Å². The largest absolute Gasteiger partial charge is 0.239 e. The lowest BCUT2D eigenvalue weighted by atomic mass is 10.3. The summed E-state index contributed by atoms with van der Waals surface area (Å²) in [5.41, 5.74) is 0.996. The van der Waals surface area contributed by atoms with Crippen molar-refractivity contribution in [2.45, 2.75) is 0 Å². The molecule has 2 rings (SSSR count). The Kier molecular flexibility index (Phi) is 2.51. The molecule has 1 aromatic carbocycles. The Labute approximate surface area is 92.8 Å². The van der Waals surface area contributed by atoms with Crippen LogP contribution >= 0.6 is 31.9 Å². The van der Waals surface area contributed by atoms with Gasteiger partial charge in [0.25, 0.3) is 0 Å². The van der Waals surface area contributed by atoms with Crippen LogP contribution in [0, 0.1) is 6.20 Å². The van der Waals surface area contributed by atoms with E-state index in [1.807, 2.05) is 24.4 Å². The number of hydrogen-bond donors (Lipinski definition) is 0. The molecule has 0 fully saturated rings. The van der Waals surface area contributed by atoms with Gasteiger partial charge in [-0.05, 0) is 40.2 Å². The molecule has 4 heteroatoms. The highest BCUT2D eigenvalue weighted by molar-refractivity contribution is 9.11. The highest BCUT2D eigenvalue weighted by Gasteiger charge is 2.02. The standard InChI is InChI=1S/C9H5Br2N2/c10-7-2-3-8(11)9(6-7)13-5-1-4-12-13/h1-3,5-6H. The first-order chi connectivity index (χ1) is 6.27. The van der Waals surface area contributed by atoms with Crippen LogP contribution in [0.5, 0.6) is 0 Å². The zero-order chi connectivity index (χ0) is 9.26. The molecule has 0 aliphatic rings. The second-order valence-electron chi connectivity index (χ2n) is 2.49. The Balaban J connectivity index is 2.57. The maximum absolute atomic E-state index is 4.03. The van der Waals surface area contributed by atoms with Gasteiger partial charge in [-0.3, -0.25) is 0 Å². The van der Waals surface area contributed by atoms with E-state index < -0.39 is 0 Å². The minimum Gasteiger partial charge on any atom is -0.239 e. The van der Waals surface area contributed by atoms with Gasteiger partial charge in [0.2, 0.25) is 0 Å². The van der Waals surface area contributed by atoms with Crippen LogP contribution < -0.4 is 0 Å². The first-order valence-electron chi connectivity index (χ1n) is 3.64. The van der Waals surface area contributed by atoms with E-state index in [1.165, 1.54) is 0 Å². The van der Waals surface area contributed by atoms with E-state index >= 15 is 0 Å². The summed E-state index contributed by atoms with van der Waals surface area (Å²) in [5, 5.41) is 4.03. The van der Waals surface area contributed by atoms with E-state index in [1.54, 1.807) is 10.7 Å². The van der Waals surface area contributed by atoms with E-state index in [2.05, 4.69) is 43.2 Å². The Bertz CT molecular complexity index is 410. The molecule has 0 saturated heterocycles. The van der Waals surface area contributed by atoms with Gasteiger partial charge in [-0.1, -0.05) is 15.9 Å². The van der Waals surface area contributed by atoms with Crippen LogP contribution in [0.25, 0.3) is 5.69 Å². The lowest BCUT2D eigenvalue weighted by Gasteiger charge is -2.04. The van der Waals surface area contributed by atoms with Crippen LogP contribution in [0.1, 0.15) is 0 Å². The Morgan fingerprint density at radius 2 is 2.15 bits per heavy atom. The topological polar surface area (TPSA) is 17.8 Å². The van der Waals surface area contributed by atoms with Crippen LogP contribution in [0.2, 0.25) is 0 Å². The molecular weight excluding hydrogens is 296 g/mol. The summed E-state index contributed by atoms with van der Waals surface area (Å²) < 4.78 is 3.79. The fraction of sp³-hybridized carbons (Fsp3) is 0. The molecule has 2 nitrogen and oxygen atoms in total. The molecule has 1 aromatic heterocycles. The summed E-state index contributed by atoms with van der Waals surface area (Å²) in [7, 11) is 0. The van der Waals surface area contributed by atoms with Gasteiger partial charge in [0.1, 0.15) is 6.20 Å². The molecular formula is C9H5Br2N2. The van der Waals surface area contributed by atoms with E-state index in [0.29, 0.717) is 0 Å². The molecule has 0 spiro atoms. The van der Waals surface area contributed by atoms with Crippen LogP contribution in [-0.4, -0.2) is 9.78 Å². The molecule has 1 heterocycles. The summed E-state index contributed by atoms with van der Waals surface area (Å²) in [5.74, 6) is 0. The predicted molar refractivity (Wildman–Crippen MR) is 57.8 cm³/mol. The molecule has 0 unspecified atom stereocenters. The van der Waals surface area contributed by atoms with Crippen LogP contribution in [0.4, 0.5) is 0 Å². The minimum atomic E-state index is 0.996. The zero-order valence-electron chi connectivity index (χ0n) is 6.54. The summed E-state index contributed by atoms with van der Waals surface area (Å²) in [6.07, 6.45) is 4.61. The van der Waals surface area contributed by atoms with E-state index in [9.17, 15) is 0 Å². The van der Waals surface area contributed by atoms with Crippen molar-refractivity contribution in [1.29, 1.82) is 0 Å². The average molecular weight is 301 g/mol. The monoisotopic (exact) mass is 299 g/mol. The Hall–Kier alpha value is -0.610. The Morgan fingerprint density at radius 1 is 1.31 bits per heavy atom. The second kappa shape index (κ2) is 3.64. The molecule has 0 aliphatic carbocycles. The van der Waals surface area contributed by atoms with Gasteiger partial charge in [0.05, 0.1) is 5.69 Å². The number of halogens is 2. The fourth-order valence-electron chi connectivity index (χ4n) is 1.03. The highest BCUT2D eigenvalue weighted by Crippen LogP contribution is 2.24. The first-order valence-corrected chi connectivity index (χ1v) is 5.23. The maximum atomic E-state index is 4.03. The molecule has 13 heavy (non-hydrogen) atoms. The summed E-state index contributed by atoms with van der Waals surface area (Å²) in [6.45, 7) is 0. The molecule has 0 saturated carbocycles. The fourth-order valence-corrected chi connectivity index (χ4v) is 1.81. The zero-order valence-corrected chi connectivity index (χ0v) is 9.71. The summed E-state index contributed by atoms with van der Waals surface area (Å²) in [4.78, 5) is 0. The van der Waals surface area contributed by atoms with Crippen molar-refractivity contribution in [3.05, 3.63) is 45.6 Å². The van der Waals surface area contributed by atoms with Crippen molar-refractivity contribution in [2.75, 3.05) is 0 Å². The van der Waals surface area contributed by atoms with E-state index in [-0.39, 0.29) is 0 Å². The van der Waals surface area contributed by atoms with Crippen molar-refractivity contribution in [1.82, 2.24) is 9.78 Å². The predicted octanol–water partition coefficient (Wildman–Crippen LogP) is 3.20. The van der Waals surface area contributed by atoms with Crippen molar-refractivity contribution >= 4 is 31.9 Å². The van der Waals surface area contributed by atoms with Gasteiger partial charge < -0.3 is 0 Å². The number of rotatable bonds is 1. The number of nitrogens with zero attached hydrogens (tertiary/aromatic N) is 2. The van der Waals surface area contributed by atoms with Gasteiger partial charge in [-0.2, -0.15) is 5.10 Å². The SMILES string of the molecule is Brc1ccc(Br)c(-n2cc[c]n2)c1. The Morgan fingerprint density at radius 3 is 2.85 bits per heavy atom. The summed E-state index contributed by atoms with van der Waals surface area (Å²) >= 11 is 6.87. The normalized spacial score (nSPS) is 10.3. The summed E-state index contributed by atoms with van der Waals surface area (Å²) in [6, 6.07) is 7.71. The maximum Gasteiger partial charge on any atom is 0.113 e. The third-order valence-corrected chi connectivity index (χ3v) is 2.77. The van der Waals surface area contributed by atoms with Gasteiger partial charge in [0, 0.05) is 15.1 Å². The lowest BCUT2D eigenvalue weighted by Crippen LogP contribution is -1.94. The van der Waals surface area contributed by atoms with Crippen molar-refractivity contribution in [3.63, 3.8) is 0 Å². The van der Waals surface area contributed by atoms with Gasteiger partial charge in [-0.15, -0.1) is 0 Å². The highest BCUT2D eigenvalue weighted by atomic mass is 79.9. The van der Waals surface area contributed by atoms with Crippen LogP contribution in [0.3, 0.4) is 0 Å². The van der Waals surface area contributed by atoms with Crippen molar-refractivity contribution in [2.24, 2.45) is 0 Å². The number of aromatic nitrogens is 2. The van der Waals surface area contributed by atoms with Gasteiger partial charge >= 0.3 is 0 Å². The lowest BCUT2D eigenvalue weighted by molar-refractivity contribution is 0.872.